The zero-order valence-corrected chi connectivity index (χ0v) is 16.5. The van der Waals surface area contributed by atoms with Crippen LogP contribution in [0.25, 0.3) is 0 Å². The molecule has 22 heavy (non-hydrogen) atoms. The third-order valence-electron chi connectivity index (χ3n) is 6.30. The van der Waals surface area contributed by atoms with E-state index >= 15 is 0 Å². The number of carbonyl (C=O) groups is 1. The Bertz CT molecular complexity index is 447. The zero-order valence-electron chi connectivity index (χ0n) is 15.5. The van der Waals surface area contributed by atoms with Crippen molar-refractivity contribution in [2.24, 2.45) is 29.6 Å². The van der Waals surface area contributed by atoms with Crippen LogP contribution in [-0.4, -0.2) is 20.7 Å². The molecule has 0 unspecified atom stereocenters. The van der Waals surface area contributed by atoms with E-state index in [1.165, 1.54) is 0 Å². The number of fused-ring (bicyclic) bond motifs is 1. The van der Waals surface area contributed by atoms with E-state index in [2.05, 4.69) is 59.9 Å². The molecular formula is C19H34O2Si. The maximum atomic E-state index is 12.6. The SMILES string of the molecule is C[C@H]1CC(=O)[C@@H]2[C@@H](CO[Si](C)(C)C(C)(C)C)[C@H](C)C=C[C@@H]2C1. The van der Waals surface area contributed by atoms with Crippen LogP contribution in [0.2, 0.25) is 18.1 Å². The second-order valence-corrected chi connectivity index (χ2v) is 14.0. The van der Waals surface area contributed by atoms with Crippen LogP contribution in [0, 0.1) is 29.6 Å². The fraction of sp³-hybridized carbons (Fsp3) is 0.842. The summed E-state index contributed by atoms with van der Waals surface area (Å²) < 4.78 is 6.48. The molecule has 0 aromatic heterocycles. The van der Waals surface area contributed by atoms with Gasteiger partial charge in [0, 0.05) is 18.9 Å². The maximum Gasteiger partial charge on any atom is 0.191 e. The van der Waals surface area contributed by atoms with Crippen LogP contribution >= 0.6 is 0 Å². The average molecular weight is 323 g/mol. The van der Waals surface area contributed by atoms with Gasteiger partial charge < -0.3 is 4.43 Å². The molecule has 0 radical (unpaired) electrons. The molecule has 1 fully saturated rings. The summed E-state index contributed by atoms with van der Waals surface area (Å²) in [6.45, 7) is 16.7. The number of Topliss-reactive ketones (excluding diaryl/α,β-unsaturated/α-hetero) is 1. The Hall–Kier alpha value is -0.413. The number of ketones is 1. The van der Waals surface area contributed by atoms with E-state index in [1.54, 1.807) is 0 Å². The second kappa shape index (κ2) is 6.24. The Balaban J connectivity index is 2.12. The average Bonchev–Trinajstić information content (AvgIpc) is 2.36. The van der Waals surface area contributed by atoms with E-state index in [-0.39, 0.29) is 11.0 Å². The predicted octanol–water partition coefficient (Wildman–Crippen LogP) is 5.06. The molecule has 0 aromatic rings. The van der Waals surface area contributed by atoms with Crippen molar-refractivity contribution >= 4 is 14.1 Å². The van der Waals surface area contributed by atoms with Gasteiger partial charge in [0.05, 0.1) is 0 Å². The fourth-order valence-corrected chi connectivity index (χ4v) is 4.77. The molecule has 0 aromatic carbocycles. The largest absolute Gasteiger partial charge is 0.417 e. The number of rotatable bonds is 3. The molecule has 5 atom stereocenters. The minimum absolute atomic E-state index is 0.195. The van der Waals surface area contributed by atoms with Gasteiger partial charge in [0.2, 0.25) is 0 Å². The normalized spacial score (nSPS) is 36.3. The smallest absolute Gasteiger partial charge is 0.191 e. The molecule has 0 bridgehead atoms. The molecule has 0 heterocycles. The summed E-state index contributed by atoms with van der Waals surface area (Å²) in [7, 11) is -1.75. The van der Waals surface area contributed by atoms with E-state index in [1.807, 2.05) is 0 Å². The first-order valence-electron chi connectivity index (χ1n) is 8.88. The van der Waals surface area contributed by atoms with E-state index in [9.17, 15) is 4.79 Å². The lowest BCUT2D eigenvalue weighted by atomic mass is 9.63. The fourth-order valence-electron chi connectivity index (χ4n) is 3.73. The Morgan fingerprint density at radius 1 is 1.23 bits per heavy atom. The van der Waals surface area contributed by atoms with Crippen LogP contribution < -0.4 is 0 Å². The van der Waals surface area contributed by atoms with E-state index in [0.29, 0.717) is 29.5 Å². The van der Waals surface area contributed by atoms with Crippen molar-refractivity contribution in [3.8, 4) is 0 Å². The van der Waals surface area contributed by atoms with Crippen molar-refractivity contribution in [3.63, 3.8) is 0 Å². The van der Waals surface area contributed by atoms with Crippen LogP contribution in [0.4, 0.5) is 0 Å². The quantitative estimate of drug-likeness (QED) is 0.536. The van der Waals surface area contributed by atoms with Gasteiger partial charge in [-0.2, -0.15) is 0 Å². The highest BCUT2D eigenvalue weighted by atomic mass is 28.4. The van der Waals surface area contributed by atoms with Crippen molar-refractivity contribution in [2.75, 3.05) is 6.61 Å². The number of hydrogen-bond acceptors (Lipinski definition) is 2. The summed E-state index contributed by atoms with van der Waals surface area (Å²) in [5, 5.41) is 0.227. The highest BCUT2D eigenvalue weighted by Gasteiger charge is 2.44. The molecule has 1 saturated carbocycles. The van der Waals surface area contributed by atoms with Crippen LogP contribution in [0.1, 0.15) is 47.5 Å². The molecule has 0 spiro atoms. The summed E-state index contributed by atoms with van der Waals surface area (Å²) in [5.41, 5.74) is 0. The van der Waals surface area contributed by atoms with Gasteiger partial charge in [-0.05, 0) is 48.2 Å². The van der Waals surface area contributed by atoms with Crippen LogP contribution in [-0.2, 0) is 9.22 Å². The Kier molecular flexibility index (Phi) is 5.08. The molecule has 3 heteroatoms. The summed E-state index contributed by atoms with van der Waals surface area (Å²) in [5.74, 6) is 2.46. The number of carbonyl (C=O) groups excluding carboxylic acids is 1. The minimum Gasteiger partial charge on any atom is -0.417 e. The van der Waals surface area contributed by atoms with E-state index < -0.39 is 8.32 Å². The van der Waals surface area contributed by atoms with Gasteiger partial charge in [0.25, 0.3) is 0 Å². The van der Waals surface area contributed by atoms with Crippen molar-refractivity contribution in [1.29, 1.82) is 0 Å². The van der Waals surface area contributed by atoms with Gasteiger partial charge >= 0.3 is 0 Å². The lowest BCUT2D eigenvalue weighted by molar-refractivity contribution is -0.131. The summed E-state index contributed by atoms with van der Waals surface area (Å²) >= 11 is 0. The predicted molar refractivity (Wildman–Crippen MR) is 95.3 cm³/mol. The first kappa shape index (κ1) is 17.9. The van der Waals surface area contributed by atoms with Crippen LogP contribution in [0.3, 0.4) is 0 Å². The van der Waals surface area contributed by atoms with Crippen molar-refractivity contribution in [3.05, 3.63) is 12.2 Å². The molecule has 0 aliphatic heterocycles. The summed E-state index contributed by atoms with van der Waals surface area (Å²) in [6, 6.07) is 0. The monoisotopic (exact) mass is 322 g/mol. The van der Waals surface area contributed by atoms with Gasteiger partial charge in [-0.25, -0.2) is 0 Å². The molecule has 0 amide bonds. The van der Waals surface area contributed by atoms with E-state index in [0.717, 1.165) is 19.4 Å². The highest BCUT2D eigenvalue weighted by Crippen LogP contribution is 2.44. The third-order valence-corrected chi connectivity index (χ3v) is 10.8. The molecule has 2 rings (SSSR count). The zero-order chi connectivity index (χ0) is 16.7. The number of hydrogen-bond donors (Lipinski definition) is 0. The summed E-state index contributed by atoms with van der Waals surface area (Å²) in [4.78, 5) is 12.6. The first-order valence-corrected chi connectivity index (χ1v) is 11.8. The topological polar surface area (TPSA) is 26.3 Å². The number of allylic oxidation sites excluding steroid dienone is 2. The van der Waals surface area contributed by atoms with Gasteiger partial charge in [0.15, 0.2) is 8.32 Å². The lowest BCUT2D eigenvalue weighted by Crippen LogP contribution is -2.47. The van der Waals surface area contributed by atoms with Gasteiger partial charge in [-0.15, -0.1) is 0 Å². The molecule has 2 aliphatic rings. The van der Waals surface area contributed by atoms with Gasteiger partial charge in [-0.1, -0.05) is 46.8 Å². The molecule has 0 saturated heterocycles. The lowest BCUT2D eigenvalue weighted by Gasteiger charge is -2.44. The van der Waals surface area contributed by atoms with E-state index in [4.69, 9.17) is 4.43 Å². The molecule has 2 aliphatic carbocycles. The van der Waals surface area contributed by atoms with Gasteiger partial charge in [0.1, 0.15) is 5.78 Å². The van der Waals surface area contributed by atoms with Crippen molar-refractivity contribution in [2.45, 2.75) is 65.6 Å². The van der Waals surface area contributed by atoms with Crippen LogP contribution in [0.5, 0.6) is 0 Å². The molecule has 0 N–H and O–H groups in total. The summed E-state index contributed by atoms with van der Waals surface area (Å²) in [6.07, 6.45) is 6.56. The van der Waals surface area contributed by atoms with Crippen molar-refractivity contribution in [1.82, 2.24) is 0 Å². The standard InChI is InChI=1S/C19H34O2Si/c1-13-10-15-9-8-14(2)16(18(15)17(20)11-13)12-21-22(6,7)19(3,4)5/h8-9,13-16,18H,10-12H2,1-7H3/t13-,14-,15-,16+,18+/m1/s1. The second-order valence-electron chi connectivity index (χ2n) is 9.18. The molecule has 126 valence electrons. The highest BCUT2D eigenvalue weighted by molar-refractivity contribution is 6.74. The molecular weight excluding hydrogens is 288 g/mol. The minimum atomic E-state index is -1.75. The Labute approximate surface area is 137 Å². The third kappa shape index (κ3) is 3.56. The van der Waals surface area contributed by atoms with Gasteiger partial charge in [-0.3, -0.25) is 4.79 Å². The Morgan fingerprint density at radius 3 is 2.45 bits per heavy atom. The first-order chi connectivity index (χ1) is 10.0. The van der Waals surface area contributed by atoms with Crippen LogP contribution in [0.15, 0.2) is 12.2 Å². The Morgan fingerprint density at radius 2 is 1.86 bits per heavy atom. The molecule has 2 nitrogen and oxygen atoms in total. The van der Waals surface area contributed by atoms with Crippen molar-refractivity contribution < 1.29 is 9.22 Å². The maximum absolute atomic E-state index is 12.6.